The van der Waals surface area contributed by atoms with E-state index in [0.29, 0.717) is 12.0 Å². The first-order valence-electron chi connectivity index (χ1n) is 3.77. The molecule has 0 bridgehead atoms. The molecule has 0 saturated carbocycles. The average Bonchev–Trinajstić information content (AvgIpc) is 2.00. The average molecular weight is 225 g/mol. The van der Waals surface area contributed by atoms with Crippen molar-refractivity contribution < 1.29 is 21.9 Å². The number of hydrogen-bond donors (Lipinski definition) is 2. The molecule has 0 aromatic rings. The Labute approximate surface area is 83.7 Å². The van der Waals surface area contributed by atoms with Gasteiger partial charge in [0.1, 0.15) is 0 Å². The smallest absolute Gasteiger partial charge is 0.366 e. The van der Waals surface area contributed by atoms with Crippen LogP contribution in [-0.2, 0) is 19.4 Å². The molecule has 3 N–H and O–H groups in total. The van der Waals surface area contributed by atoms with Crippen molar-refractivity contribution >= 4 is 16.3 Å². The summed E-state index contributed by atoms with van der Waals surface area (Å²) in [7, 11) is -4.19. The molecule has 84 valence electrons. The van der Waals surface area contributed by atoms with Gasteiger partial charge in [-0.05, 0) is 13.3 Å². The maximum absolute atomic E-state index is 9.82. The minimum Gasteiger partial charge on any atom is -0.366 e. The van der Waals surface area contributed by atoms with E-state index in [1.165, 1.54) is 0 Å². The van der Waals surface area contributed by atoms with Gasteiger partial charge >= 0.3 is 10.4 Å². The molecule has 0 heterocycles. The van der Waals surface area contributed by atoms with E-state index >= 15 is 0 Å². The number of amides is 1. The van der Waals surface area contributed by atoms with Gasteiger partial charge in [0.25, 0.3) is 0 Å². The quantitative estimate of drug-likeness (QED) is 0.527. The van der Waals surface area contributed by atoms with Crippen molar-refractivity contribution in [3.8, 4) is 0 Å². The third-order valence-corrected chi connectivity index (χ3v) is 1.32. The Balaban J connectivity index is 0. The third kappa shape index (κ3) is 17.2. The third-order valence-electron chi connectivity index (χ3n) is 0.857. The van der Waals surface area contributed by atoms with Crippen molar-refractivity contribution in [2.75, 3.05) is 6.61 Å². The van der Waals surface area contributed by atoms with E-state index < -0.39 is 16.3 Å². The van der Waals surface area contributed by atoms with Crippen molar-refractivity contribution in [1.82, 2.24) is 0 Å². The van der Waals surface area contributed by atoms with Gasteiger partial charge in [0.05, 0.1) is 6.61 Å². The van der Waals surface area contributed by atoms with Crippen LogP contribution >= 0.6 is 0 Å². The van der Waals surface area contributed by atoms with Crippen molar-refractivity contribution in [2.24, 2.45) is 5.73 Å². The number of hydrogen-bond acceptors (Lipinski definition) is 4. The minimum atomic E-state index is -4.19. The number of primary amides is 1. The van der Waals surface area contributed by atoms with Gasteiger partial charge in [0.2, 0.25) is 5.91 Å². The first-order valence-corrected chi connectivity index (χ1v) is 5.14. The number of carbonyl (C=O) groups is 1. The maximum Gasteiger partial charge on any atom is 0.397 e. The Bertz CT molecular complexity index is 270. The molecule has 0 spiro atoms. The molecule has 0 aliphatic carbocycles. The predicted octanol–water partition coefficient (Wildman–Crippen LogP) is 0.264. The van der Waals surface area contributed by atoms with E-state index in [2.05, 4.69) is 10.8 Å². The van der Waals surface area contributed by atoms with E-state index in [9.17, 15) is 13.2 Å². The van der Waals surface area contributed by atoms with Crippen LogP contribution in [0.1, 0.15) is 20.3 Å². The molecule has 1 amide bonds. The van der Waals surface area contributed by atoms with Gasteiger partial charge < -0.3 is 5.73 Å². The topological polar surface area (TPSA) is 107 Å². The highest BCUT2D eigenvalue weighted by atomic mass is 32.3. The molecule has 0 aliphatic heterocycles. The molecule has 0 aromatic heterocycles. The van der Waals surface area contributed by atoms with Crippen molar-refractivity contribution in [3.63, 3.8) is 0 Å². The normalized spacial score (nSPS) is 9.93. The van der Waals surface area contributed by atoms with Crippen LogP contribution in [0.3, 0.4) is 0 Å². The molecule has 0 saturated heterocycles. The van der Waals surface area contributed by atoms with Gasteiger partial charge in [-0.25, -0.2) is 4.18 Å². The van der Waals surface area contributed by atoms with Gasteiger partial charge in [-0.3, -0.25) is 9.35 Å². The summed E-state index contributed by atoms with van der Waals surface area (Å²) < 4.78 is 31.3. The van der Waals surface area contributed by atoms with Gasteiger partial charge in [-0.15, -0.1) is 0 Å². The number of nitrogens with two attached hydrogens (primary N) is 1. The summed E-state index contributed by atoms with van der Waals surface area (Å²) in [5, 5.41) is 0. The Hall–Kier alpha value is -0.920. The van der Waals surface area contributed by atoms with Crippen LogP contribution in [0.2, 0.25) is 0 Å². The second kappa shape index (κ2) is 7.48. The SMILES string of the molecule is C=C(C)C(N)=O.CCCOS(=O)(=O)O. The van der Waals surface area contributed by atoms with Gasteiger partial charge in [0, 0.05) is 5.57 Å². The monoisotopic (exact) mass is 225 g/mol. The van der Waals surface area contributed by atoms with Gasteiger partial charge in [-0.1, -0.05) is 13.5 Å². The largest absolute Gasteiger partial charge is 0.397 e. The Kier molecular flexibility index (Phi) is 8.31. The lowest BCUT2D eigenvalue weighted by Crippen LogP contribution is -2.10. The summed E-state index contributed by atoms with van der Waals surface area (Å²) >= 11 is 0. The molecule has 0 atom stereocenters. The first-order chi connectivity index (χ1) is 6.20. The Morgan fingerprint density at radius 3 is 2.00 bits per heavy atom. The van der Waals surface area contributed by atoms with E-state index in [-0.39, 0.29) is 6.61 Å². The van der Waals surface area contributed by atoms with Crippen molar-refractivity contribution in [3.05, 3.63) is 12.2 Å². The highest BCUT2D eigenvalue weighted by Crippen LogP contribution is 1.86. The van der Waals surface area contributed by atoms with Crippen LogP contribution < -0.4 is 5.73 Å². The summed E-state index contributed by atoms with van der Waals surface area (Å²) in [6.45, 7) is 6.63. The van der Waals surface area contributed by atoms with E-state index in [4.69, 9.17) is 10.3 Å². The molecule has 14 heavy (non-hydrogen) atoms. The van der Waals surface area contributed by atoms with E-state index in [0.717, 1.165) is 0 Å². The van der Waals surface area contributed by atoms with Crippen LogP contribution in [0, 0.1) is 0 Å². The van der Waals surface area contributed by atoms with Crippen LogP contribution in [0.5, 0.6) is 0 Å². The molecular weight excluding hydrogens is 210 g/mol. The summed E-state index contributed by atoms with van der Waals surface area (Å²) in [6.07, 6.45) is 0.569. The fraction of sp³-hybridized carbons (Fsp3) is 0.571. The summed E-state index contributed by atoms with van der Waals surface area (Å²) in [5.74, 6) is -0.435. The van der Waals surface area contributed by atoms with Crippen molar-refractivity contribution in [2.45, 2.75) is 20.3 Å². The van der Waals surface area contributed by atoms with E-state index in [1.54, 1.807) is 13.8 Å². The summed E-state index contributed by atoms with van der Waals surface area (Å²) in [4.78, 5) is 9.82. The second-order valence-electron chi connectivity index (χ2n) is 2.39. The predicted molar refractivity (Wildman–Crippen MR) is 51.8 cm³/mol. The second-order valence-corrected chi connectivity index (χ2v) is 3.49. The van der Waals surface area contributed by atoms with Crippen LogP contribution in [0.15, 0.2) is 12.2 Å². The van der Waals surface area contributed by atoms with Crippen LogP contribution in [-0.4, -0.2) is 25.5 Å². The molecule has 6 nitrogen and oxygen atoms in total. The van der Waals surface area contributed by atoms with Gasteiger partial charge in [-0.2, -0.15) is 8.42 Å². The lowest BCUT2D eigenvalue weighted by atomic mass is 10.3. The Morgan fingerprint density at radius 2 is 1.93 bits per heavy atom. The fourth-order valence-electron chi connectivity index (χ4n) is 0.189. The standard InChI is InChI=1S/C4H7NO.C3H8O4S/c1-3(2)4(5)6;1-2-3-7-8(4,5)6/h1H2,2H3,(H2,5,6);2-3H2,1H3,(H,4,5,6). The zero-order valence-electron chi connectivity index (χ0n) is 8.19. The molecule has 0 rings (SSSR count). The van der Waals surface area contributed by atoms with Crippen molar-refractivity contribution in [1.29, 1.82) is 0 Å². The molecule has 0 aliphatic rings. The highest BCUT2D eigenvalue weighted by Gasteiger charge is 1.99. The fourth-order valence-corrected chi connectivity index (χ4v) is 0.566. The zero-order valence-corrected chi connectivity index (χ0v) is 9.00. The van der Waals surface area contributed by atoms with E-state index in [1.807, 2.05) is 0 Å². The lowest BCUT2D eigenvalue weighted by molar-refractivity contribution is -0.114. The molecular formula is C7H15NO5S. The van der Waals surface area contributed by atoms with Crippen LogP contribution in [0.4, 0.5) is 0 Å². The Morgan fingerprint density at radius 1 is 1.57 bits per heavy atom. The summed E-state index contributed by atoms with van der Waals surface area (Å²) in [5.41, 5.74) is 5.09. The maximum atomic E-state index is 9.82. The van der Waals surface area contributed by atoms with Gasteiger partial charge in [0.15, 0.2) is 0 Å². The molecule has 7 heteroatoms. The highest BCUT2D eigenvalue weighted by molar-refractivity contribution is 7.80. The molecule has 0 radical (unpaired) electrons. The minimum absolute atomic E-state index is 0.0405. The number of rotatable bonds is 4. The number of carbonyl (C=O) groups excluding carboxylic acids is 1. The lowest BCUT2D eigenvalue weighted by Gasteiger charge is -1.92. The summed E-state index contributed by atoms with van der Waals surface area (Å²) in [6, 6.07) is 0. The first kappa shape index (κ1) is 15.5. The molecule has 0 fully saturated rings. The molecule has 0 aromatic carbocycles. The zero-order chi connectivity index (χ0) is 11.8. The molecule has 0 unspecified atom stereocenters. The van der Waals surface area contributed by atoms with Crippen LogP contribution in [0.25, 0.3) is 0 Å².